The molecule has 4 N–H and O–H groups in total. The van der Waals surface area contributed by atoms with Gasteiger partial charge in [-0.2, -0.15) is 0 Å². The van der Waals surface area contributed by atoms with Crippen LogP contribution in [0.5, 0.6) is 0 Å². The van der Waals surface area contributed by atoms with Crippen LogP contribution in [0, 0.1) is 0 Å². The predicted molar refractivity (Wildman–Crippen MR) is 69.4 cm³/mol. The average Bonchev–Trinajstić information content (AvgIpc) is 2.31. The molecular formula is C12H28N4. The van der Waals surface area contributed by atoms with Crippen molar-refractivity contribution in [3.63, 3.8) is 0 Å². The zero-order chi connectivity index (χ0) is 12.0. The summed E-state index contributed by atoms with van der Waals surface area (Å²) in [6, 6.07) is 0.675. The summed E-state index contributed by atoms with van der Waals surface area (Å²) in [5.41, 5.74) is 11.9. The average molecular weight is 228 g/mol. The van der Waals surface area contributed by atoms with Gasteiger partial charge in [0.25, 0.3) is 0 Å². The van der Waals surface area contributed by atoms with E-state index in [0.29, 0.717) is 12.1 Å². The van der Waals surface area contributed by atoms with E-state index in [2.05, 4.69) is 23.6 Å². The number of rotatable bonds is 6. The number of hydrogen-bond acceptors (Lipinski definition) is 4. The van der Waals surface area contributed by atoms with Crippen LogP contribution in [0.15, 0.2) is 0 Å². The van der Waals surface area contributed by atoms with Crippen molar-refractivity contribution >= 4 is 0 Å². The van der Waals surface area contributed by atoms with Crippen molar-refractivity contribution in [3.05, 3.63) is 0 Å². The second-order valence-corrected chi connectivity index (χ2v) is 4.94. The van der Waals surface area contributed by atoms with Gasteiger partial charge in [0.1, 0.15) is 0 Å². The van der Waals surface area contributed by atoms with E-state index in [-0.39, 0.29) is 0 Å². The second kappa shape index (κ2) is 7.22. The highest BCUT2D eigenvalue weighted by atomic mass is 15.3. The lowest BCUT2D eigenvalue weighted by Gasteiger charge is -2.36. The molecule has 0 saturated carbocycles. The molecule has 16 heavy (non-hydrogen) atoms. The summed E-state index contributed by atoms with van der Waals surface area (Å²) in [5, 5.41) is 0. The highest BCUT2D eigenvalue weighted by Gasteiger charge is 2.18. The van der Waals surface area contributed by atoms with E-state index in [1.54, 1.807) is 0 Å². The molecule has 1 aliphatic heterocycles. The maximum atomic E-state index is 5.97. The van der Waals surface area contributed by atoms with Gasteiger partial charge in [0, 0.05) is 51.4 Å². The van der Waals surface area contributed by atoms with Crippen molar-refractivity contribution in [3.8, 4) is 0 Å². The quantitative estimate of drug-likeness (QED) is 0.676. The number of hydrogen-bond donors (Lipinski definition) is 2. The van der Waals surface area contributed by atoms with Crippen LogP contribution in [0.2, 0.25) is 0 Å². The summed E-state index contributed by atoms with van der Waals surface area (Å²) in [7, 11) is 0. The third-order valence-corrected chi connectivity index (χ3v) is 3.50. The van der Waals surface area contributed by atoms with E-state index < -0.39 is 0 Å². The van der Waals surface area contributed by atoms with Crippen LogP contribution >= 0.6 is 0 Å². The molecule has 1 aliphatic rings. The molecule has 1 fully saturated rings. The smallest absolute Gasteiger partial charge is 0.0165 e. The minimum Gasteiger partial charge on any atom is -0.327 e. The largest absolute Gasteiger partial charge is 0.327 e. The molecule has 4 nitrogen and oxygen atoms in total. The Morgan fingerprint density at radius 1 is 0.812 bits per heavy atom. The first-order valence-electron chi connectivity index (χ1n) is 6.61. The monoisotopic (exact) mass is 228 g/mol. The minimum atomic E-state index is 0.337. The molecule has 0 amide bonds. The summed E-state index contributed by atoms with van der Waals surface area (Å²) in [6.45, 7) is 11.0. The lowest BCUT2D eigenvalue weighted by Crippen LogP contribution is -2.52. The molecule has 0 spiro atoms. The Balaban J connectivity index is 2.18. The fourth-order valence-corrected chi connectivity index (χ4v) is 2.08. The molecule has 0 bridgehead atoms. The van der Waals surface area contributed by atoms with Crippen LogP contribution in [-0.2, 0) is 0 Å². The second-order valence-electron chi connectivity index (χ2n) is 4.94. The number of nitrogens with zero attached hydrogens (tertiary/aromatic N) is 2. The molecule has 0 aromatic carbocycles. The van der Waals surface area contributed by atoms with Gasteiger partial charge in [-0.15, -0.1) is 0 Å². The lowest BCUT2D eigenvalue weighted by molar-refractivity contribution is 0.121. The van der Waals surface area contributed by atoms with Crippen molar-refractivity contribution in [2.24, 2.45) is 11.5 Å². The molecule has 0 aromatic heterocycles. The van der Waals surface area contributed by atoms with Crippen LogP contribution < -0.4 is 11.5 Å². The van der Waals surface area contributed by atoms with Crippen LogP contribution in [0.3, 0.4) is 0 Å². The first kappa shape index (κ1) is 13.9. The number of piperazine rings is 1. The Morgan fingerprint density at radius 2 is 1.12 bits per heavy atom. The van der Waals surface area contributed by atoms with Gasteiger partial charge in [0.2, 0.25) is 0 Å². The van der Waals surface area contributed by atoms with Crippen LogP contribution in [-0.4, -0.2) is 61.2 Å². The first-order valence-corrected chi connectivity index (χ1v) is 6.61. The molecule has 1 heterocycles. The maximum absolute atomic E-state index is 5.97. The minimum absolute atomic E-state index is 0.337. The highest BCUT2D eigenvalue weighted by molar-refractivity contribution is 4.77. The molecule has 0 aliphatic carbocycles. The van der Waals surface area contributed by atoms with Crippen molar-refractivity contribution in [2.75, 3.05) is 39.3 Å². The number of nitrogens with two attached hydrogens (primary N) is 2. The van der Waals surface area contributed by atoms with Gasteiger partial charge < -0.3 is 11.5 Å². The van der Waals surface area contributed by atoms with E-state index in [1.165, 1.54) is 0 Å². The summed E-state index contributed by atoms with van der Waals surface area (Å²) < 4.78 is 0. The third kappa shape index (κ3) is 4.78. The summed E-state index contributed by atoms with van der Waals surface area (Å²) in [6.07, 6.45) is 2.14. The fraction of sp³-hybridized carbons (Fsp3) is 1.00. The Labute approximate surface area is 99.9 Å². The molecular weight excluding hydrogens is 200 g/mol. The molecule has 2 atom stereocenters. The molecule has 1 saturated heterocycles. The van der Waals surface area contributed by atoms with Crippen molar-refractivity contribution in [1.29, 1.82) is 0 Å². The van der Waals surface area contributed by atoms with Crippen molar-refractivity contribution < 1.29 is 0 Å². The molecule has 2 unspecified atom stereocenters. The lowest BCUT2D eigenvalue weighted by atomic mass is 10.2. The van der Waals surface area contributed by atoms with E-state index in [0.717, 1.165) is 52.1 Å². The normalized spacial score (nSPS) is 23.2. The third-order valence-electron chi connectivity index (χ3n) is 3.50. The maximum Gasteiger partial charge on any atom is 0.0165 e. The zero-order valence-corrected chi connectivity index (χ0v) is 10.9. The summed E-state index contributed by atoms with van der Waals surface area (Å²) in [5.74, 6) is 0. The standard InChI is InChI=1S/C12H28N4/c1-3-11(13)9-15-5-7-16(8-6-15)10-12(14)4-2/h11-12H,3-10,13-14H2,1-2H3. The highest BCUT2D eigenvalue weighted by Crippen LogP contribution is 2.04. The van der Waals surface area contributed by atoms with Gasteiger partial charge in [-0.3, -0.25) is 9.80 Å². The molecule has 1 rings (SSSR count). The molecule has 4 heteroatoms. The molecule has 96 valence electrons. The van der Waals surface area contributed by atoms with Crippen LogP contribution in [0.4, 0.5) is 0 Å². The van der Waals surface area contributed by atoms with E-state index in [1.807, 2.05) is 0 Å². The van der Waals surface area contributed by atoms with Gasteiger partial charge in [0.05, 0.1) is 0 Å². The van der Waals surface area contributed by atoms with Gasteiger partial charge in [0.15, 0.2) is 0 Å². The Morgan fingerprint density at radius 3 is 1.38 bits per heavy atom. The Hall–Kier alpha value is -0.160. The van der Waals surface area contributed by atoms with E-state index in [4.69, 9.17) is 11.5 Å². The topological polar surface area (TPSA) is 58.5 Å². The van der Waals surface area contributed by atoms with Gasteiger partial charge in [-0.1, -0.05) is 13.8 Å². The molecule has 0 aromatic rings. The first-order chi connectivity index (χ1) is 7.65. The Kier molecular flexibility index (Phi) is 6.28. The Bertz CT molecular complexity index is 158. The van der Waals surface area contributed by atoms with Gasteiger partial charge >= 0.3 is 0 Å². The zero-order valence-electron chi connectivity index (χ0n) is 10.9. The summed E-state index contributed by atoms with van der Waals surface area (Å²) in [4.78, 5) is 4.95. The van der Waals surface area contributed by atoms with E-state index in [9.17, 15) is 0 Å². The van der Waals surface area contributed by atoms with Gasteiger partial charge in [-0.05, 0) is 12.8 Å². The van der Waals surface area contributed by atoms with Crippen molar-refractivity contribution in [2.45, 2.75) is 38.8 Å². The predicted octanol–water partition coefficient (Wildman–Crippen LogP) is 0.0786. The van der Waals surface area contributed by atoms with Crippen molar-refractivity contribution in [1.82, 2.24) is 9.80 Å². The van der Waals surface area contributed by atoms with Crippen LogP contribution in [0.1, 0.15) is 26.7 Å². The molecule has 0 radical (unpaired) electrons. The fourth-order valence-electron chi connectivity index (χ4n) is 2.08. The SMILES string of the molecule is CCC(N)CN1CCN(CC(N)CC)CC1. The summed E-state index contributed by atoms with van der Waals surface area (Å²) >= 11 is 0. The van der Waals surface area contributed by atoms with Gasteiger partial charge in [-0.25, -0.2) is 0 Å². The van der Waals surface area contributed by atoms with E-state index >= 15 is 0 Å². The van der Waals surface area contributed by atoms with Crippen LogP contribution in [0.25, 0.3) is 0 Å².